The van der Waals surface area contributed by atoms with Crippen molar-refractivity contribution in [2.24, 2.45) is 0 Å². The van der Waals surface area contributed by atoms with E-state index in [4.69, 9.17) is 28.1 Å². The summed E-state index contributed by atoms with van der Waals surface area (Å²) in [7, 11) is 1.34. The molecule has 0 spiro atoms. The maximum absolute atomic E-state index is 13.0. The van der Waals surface area contributed by atoms with E-state index in [1.165, 1.54) is 26.2 Å². The molecule has 16 heteroatoms. The molecular weight excluding hydrogens is 592 g/mol. The smallest absolute Gasteiger partial charge is 0.229 e. The summed E-state index contributed by atoms with van der Waals surface area (Å²) in [4.78, 5) is 13.0. The van der Waals surface area contributed by atoms with E-state index < -0.39 is 96.4 Å². The third-order valence-electron chi connectivity index (χ3n) is 7.49. The van der Waals surface area contributed by atoms with E-state index in [-0.39, 0.29) is 28.0 Å². The molecule has 2 aromatic carbocycles. The topological polar surface area (TPSA) is 258 Å². The minimum atomic E-state index is -1.87. The van der Waals surface area contributed by atoms with Gasteiger partial charge in [-0.3, -0.25) is 4.79 Å². The van der Waals surface area contributed by atoms with Gasteiger partial charge in [-0.15, -0.1) is 0 Å². The molecule has 0 radical (unpaired) electrons. The van der Waals surface area contributed by atoms with Crippen molar-refractivity contribution >= 4 is 11.0 Å². The fourth-order valence-electron chi connectivity index (χ4n) is 4.93. The Labute approximate surface area is 248 Å². The summed E-state index contributed by atoms with van der Waals surface area (Å²) in [6.45, 7) is 0.653. The lowest BCUT2D eigenvalue weighted by molar-refractivity contribution is -0.277. The zero-order valence-electron chi connectivity index (χ0n) is 23.3. The third kappa shape index (κ3) is 5.74. The minimum absolute atomic E-state index is 0.00219. The molecule has 1 aromatic heterocycles. The van der Waals surface area contributed by atoms with Gasteiger partial charge < -0.3 is 74.1 Å². The first kappa shape index (κ1) is 31.7. The molecule has 2 saturated heterocycles. The summed E-state index contributed by atoms with van der Waals surface area (Å²) in [5, 5.41) is 92.3. The lowest BCUT2D eigenvalue weighted by Crippen LogP contribution is -2.60. The van der Waals surface area contributed by atoms with Crippen LogP contribution in [0.3, 0.4) is 0 Å². The number of benzene rings is 2. The highest BCUT2D eigenvalue weighted by molar-refractivity contribution is 5.86. The first-order valence-corrected chi connectivity index (χ1v) is 13.4. The molecule has 4 unspecified atom stereocenters. The van der Waals surface area contributed by atoms with E-state index >= 15 is 0 Å². The van der Waals surface area contributed by atoms with Crippen molar-refractivity contribution in [3.8, 4) is 40.1 Å². The van der Waals surface area contributed by atoms with Crippen molar-refractivity contribution in [1.29, 1.82) is 0 Å². The van der Waals surface area contributed by atoms with Crippen molar-refractivity contribution < 1.29 is 74.1 Å². The SMILES string of the molecule is COc1cc(O)c2c(=O)cc(-c3cc(O[C@@H]4OC(CO)[C@@H](O)[C@H](O)C4O)c(O)c(O[C@@H]4OC(C)[C@H](O)C(O)[C@@H]4O)c3)oc2c1. The molecule has 2 aliphatic heterocycles. The van der Waals surface area contributed by atoms with Gasteiger partial charge in [-0.2, -0.15) is 0 Å². The molecule has 5 rings (SSSR count). The highest BCUT2D eigenvalue weighted by Crippen LogP contribution is 2.44. The van der Waals surface area contributed by atoms with Crippen LogP contribution in [0.4, 0.5) is 0 Å². The Hall–Kier alpha value is -3.71. The van der Waals surface area contributed by atoms with Crippen LogP contribution in [0.5, 0.6) is 28.7 Å². The Balaban J connectivity index is 1.61. The van der Waals surface area contributed by atoms with Crippen LogP contribution in [-0.4, -0.2) is 121 Å². The van der Waals surface area contributed by atoms with Gasteiger partial charge in [0, 0.05) is 23.8 Å². The zero-order chi connectivity index (χ0) is 32.0. The second kappa shape index (κ2) is 12.4. The minimum Gasteiger partial charge on any atom is -0.507 e. The molecule has 0 bridgehead atoms. The molecule has 2 aliphatic rings. The maximum Gasteiger partial charge on any atom is 0.229 e. The molecule has 10 atom stereocenters. The monoisotopic (exact) mass is 624 g/mol. The number of ether oxygens (including phenoxy) is 5. The number of phenols is 2. The number of aliphatic hydroxyl groups excluding tert-OH is 7. The van der Waals surface area contributed by atoms with Crippen LogP contribution in [-0.2, 0) is 9.47 Å². The Morgan fingerprint density at radius 3 is 1.95 bits per heavy atom. The molecule has 0 amide bonds. The van der Waals surface area contributed by atoms with Crippen LogP contribution in [0.15, 0.2) is 39.5 Å². The Bertz CT molecular complexity index is 1550. The lowest BCUT2D eigenvalue weighted by Gasteiger charge is -2.40. The van der Waals surface area contributed by atoms with Crippen molar-refractivity contribution in [3.63, 3.8) is 0 Å². The van der Waals surface area contributed by atoms with Gasteiger partial charge in [0.25, 0.3) is 0 Å². The standard InChI is InChI=1S/C28H32O16/c1-9-20(32)23(35)25(37)27(40-9)42-16-3-10(14-7-13(31)19-12(30)5-11(39-2)6-15(19)41-14)4-17(21(16)33)43-28-26(38)24(36)22(34)18(8-29)44-28/h3-7,9,18,20,22-30,32-38H,8H2,1-2H3/t9?,18?,20-,22+,23?,24-,25-,26?,27-,28+/m0/s1. The molecule has 3 heterocycles. The summed E-state index contributed by atoms with van der Waals surface area (Å²) in [6, 6.07) is 5.91. The number of aromatic hydroxyl groups is 2. The predicted molar refractivity (Wildman–Crippen MR) is 145 cm³/mol. The van der Waals surface area contributed by atoms with Crippen LogP contribution in [0.1, 0.15) is 6.92 Å². The zero-order valence-corrected chi connectivity index (χ0v) is 23.3. The molecule has 0 saturated carbocycles. The molecule has 3 aromatic rings. The number of methoxy groups -OCH3 is 1. The molecule has 9 N–H and O–H groups in total. The van der Waals surface area contributed by atoms with E-state index in [2.05, 4.69) is 0 Å². The summed E-state index contributed by atoms with van der Waals surface area (Å²) in [5.74, 6) is -2.09. The highest BCUT2D eigenvalue weighted by atomic mass is 16.7. The lowest BCUT2D eigenvalue weighted by atomic mass is 9.99. The third-order valence-corrected chi connectivity index (χ3v) is 7.49. The molecule has 240 valence electrons. The number of fused-ring (bicyclic) bond motifs is 1. The van der Waals surface area contributed by atoms with Crippen molar-refractivity contribution in [2.45, 2.75) is 68.3 Å². The predicted octanol–water partition coefficient (Wildman–Crippen LogP) is -1.74. The van der Waals surface area contributed by atoms with Gasteiger partial charge in [0.15, 0.2) is 16.9 Å². The Morgan fingerprint density at radius 2 is 1.36 bits per heavy atom. The first-order chi connectivity index (χ1) is 20.8. The van der Waals surface area contributed by atoms with Crippen LogP contribution >= 0.6 is 0 Å². The number of phenolic OH excluding ortho intramolecular Hbond substituents is 2. The van der Waals surface area contributed by atoms with Gasteiger partial charge in [0.2, 0.25) is 18.3 Å². The van der Waals surface area contributed by atoms with Gasteiger partial charge in [-0.05, 0) is 19.1 Å². The Morgan fingerprint density at radius 1 is 0.773 bits per heavy atom. The quantitative estimate of drug-likeness (QED) is 0.141. The number of rotatable bonds is 7. The van der Waals surface area contributed by atoms with Crippen LogP contribution in [0.2, 0.25) is 0 Å². The van der Waals surface area contributed by atoms with E-state index in [9.17, 15) is 50.8 Å². The van der Waals surface area contributed by atoms with E-state index in [1.54, 1.807) is 0 Å². The van der Waals surface area contributed by atoms with Crippen molar-refractivity contribution in [2.75, 3.05) is 13.7 Å². The Kier molecular flexibility index (Phi) is 8.90. The fourth-order valence-corrected chi connectivity index (χ4v) is 4.93. The van der Waals surface area contributed by atoms with Gasteiger partial charge in [-0.25, -0.2) is 0 Å². The largest absolute Gasteiger partial charge is 0.507 e. The molecule has 16 nitrogen and oxygen atoms in total. The van der Waals surface area contributed by atoms with E-state index in [0.717, 1.165) is 18.2 Å². The molecular formula is C28H32O16. The summed E-state index contributed by atoms with van der Waals surface area (Å²) < 4.78 is 33.1. The van der Waals surface area contributed by atoms with Crippen LogP contribution in [0.25, 0.3) is 22.3 Å². The maximum atomic E-state index is 13.0. The van der Waals surface area contributed by atoms with Crippen LogP contribution < -0.4 is 19.6 Å². The number of hydrogen-bond acceptors (Lipinski definition) is 16. The van der Waals surface area contributed by atoms with Gasteiger partial charge in [-0.1, -0.05) is 0 Å². The van der Waals surface area contributed by atoms with Gasteiger partial charge >= 0.3 is 0 Å². The normalized spacial score (nSPS) is 32.4. The molecule has 44 heavy (non-hydrogen) atoms. The fraction of sp³-hybridized carbons (Fsp3) is 0.464. The number of hydrogen-bond donors (Lipinski definition) is 9. The van der Waals surface area contributed by atoms with Crippen molar-refractivity contribution in [3.05, 3.63) is 40.6 Å². The van der Waals surface area contributed by atoms with E-state index in [0.29, 0.717) is 0 Å². The second-order valence-corrected chi connectivity index (χ2v) is 10.4. The van der Waals surface area contributed by atoms with Crippen LogP contribution in [0, 0.1) is 0 Å². The molecule has 2 fully saturated rings. The summed E-state index contributed by atoms with van der Waals surface area (Å²) in [5.41, 5.74) is -0.740. The molecule has 0 aliphatic carbocycles. The summed E-state index contributed by atoms with van der Waals surface area (Å²) in [6.07, 6.45) is -16.0. The van der Waals surface area contributed by atoms with Gasteiger partial charge in [0.1, 0.15) is 71.0 Å². The highest BCUT2D eigenvalue weighted by Gasteiger charge is 2.46. The first-order valence-electron chi connectivity index (χ1n) is 13.4. The average molecular weight is 625 g/mol. The number of aliphatic hydroxyl groups is 7. The van der Waals surface area contributed by atoms with Gasteiger partial charge in [0.05, 0.1) is 19.8 Å². The van der Waals surface area contributed by atoms with E-state index in [1.807, 2.05) is 0 Å². The second-order valence-electron chi connectivity index (χ2n) is 10.4. The van der Waals surface area contributed by atoms with Crippen molar-refractivity contribution in [1.82, 2.24) is 0 Å². The summed E-state index contributed by atoms with van der Waals surface area (Å²) >= 11 is 0. The average Bonchev–Trinajstić information content (AvgIpc) is 3.00.